The maximum absolute atomic E-state index is 5.42. The third-order valence-corrected chi connectivity index (χ3v) is 6.98. The summed E-state index contributed by atoms with van der Waals surface area (Å²) in [6.07, 6.45) is 0. The lowest BCUT2D eigenvalue weighted by Crippen LogP contribution is -2.07. The molecule has 0 aliphatic heterocycles. The highest BCUT2D eigenvalue weighted by Gasteiger charge is 2.16. The zero-order chi connectivity index (χ0) is 23.2. The van der Waals surface area contributed by atoms with Crippen molar-refractivity contribution >= 4 is 23.1 Å². The molecule has 0 aliphatic rings. The minimum absolute atomic E-state index is 0.588. The summed E-state index contributed by atoms with van der Waals surface area (Å²) < 4.78 is 18.2. The molecular weight excluding hydrogens is 456 g/mol. The van der Waals surface area contributed by atoms with Crippen LogP contribution in [0.25, 0.3) is 22.0 Å². The number of ether oxygens (including phenoxy) is 3. The van der Waals surface area contributed by atoms with Gasteiger partial charge in [-0.15, -0.1) is 21.5 Å². The van der Waals surface area contributed by atoms with Gasteiger partial charge in [0.25, 0.3) is 0 Å². The summed E-state index contributed by atoms with van der Waals surface area (Å²) in [6, 6.07) is 14.1. The molecule has 0 radical (unpaired) electrons. The predicted molar refractivity (Wildman–Crippen MR) is 132 cm³/mol. The van der Waals surface area contributed by atoms with Gasteiger partial charge in [-0.3, -0.25) is 4.57 Å². The van der Waals surface area contributed by atoms with E-state index in [1.54, 1.807) is 44.4 Å². The molecule has 7 nitrogen and oxygen atoms in total. The Morgan fingerprint density at radius 1 is 0.970 bits per heavy atom. The fourth-order valence-corrected chi connectivity index (χ4v) is 5.17. The number of thiazole rings is 1. The smallest absolute Gasteiger partial charge is 0.191 e. The van der Waals surface area contributed by atoms with Crippen LogP contribution in [-0.4, -0.2) is 47.7 Å². The van der Waals surface area contributed by atoms with Gasteiger partial charge in [0.15, 0.2) is 22.5 Å². The lowest BCUT2D eigenvalue weighted by molar-refractivity contribution is 0.185. The van der Waals surface area contributed by atoms with E-state index < -0.39 is 0 Å². The maximum Gasteiger partial charge on any atom is 0.191 e. The first-order chi connectivity index (χ1) is 16.1. The summed E-state index contributed by atoms with van der Waals surface area (Å²) in [5, 5.41) is 12.8. The predicted octanol–water partition coefficient (Wildman–Crippen LogP) is 5.33. The molecule has 0 fully saturated rings. The van der Waals surface area contributed by atoms with Gasteiger partial charge in [0, 0.05) is 29.4 Å². The number of benzene rings is 2. The van der Waals surface area contributed by atoms with Crippen molar-refractivity contribution in [3.63, 3.8) is 0 Å². The van der Waals surface area contributed by atoms with Crippen LogP contribution in [0.15, 0.2) is 53.0 Å². The number of thioether (sulfide) groups is 1. The Balaban J connectivity index is 1.52. The van der Waals surface area contributed by atoms with Gasteiger partial charge in [0.2, 0.25) is 0 Å². The topological polar surface area (TPSA) is 71.3 Å². The Labute approximate surface area is 201 Å². The number of methoxy groups -OCH3 is 3. The molecule has 4 aromatic rings. The maximum atomic E-state index is 5.42. The Morgan fingerprint density at radius 3 is 2.58 bits per heavy atom. The normalized spacial score (nSPS) is 11.0. The second-order valence-electron chi connectivity index (χ2n) is 7.32. The van der Waals surface area contributed by atoms with Crippen molar-refractivity contribution in [1.82, 2.24) is 19.7 Å². The van der Waals surface area contributed by atoms with E-state index in [-0.39, 0.29) is 0 Å². The Hall–Kier alpha value is -2.88. The average molecular weight is 483 g/mol. The molecule has 2 heterocycles. The fraction of sp³-hybridized carbons (Fsp3) is 0.292. The minimum atomic E-state index is 0.588. The Kier molecular flexibility index (Phi) is 7.64. The van der Waals surface area contributed by atoms with Crippen LogP contribution in [-0.2, 0) is 17.0 Å². The highest BCUT2D eigenvalue weighted by Crippen LogP contribution is 2.34. The number of aromatic nitrogens is 4. The van der Waals surface area contributed by atoms with Crippen LogP contribution < -0.4 is 9.47 Å². The van der Waals surface area contributed by atoms with Crippen LogP contribution in [0, 0.1) is 6.92 Å². The molecule has 172 valence electrons. The molecule has 0 saturated heterocycles. The largest absolute Gasteiger partial charge is 0.493 e. The number of rotatable bonds is 10. The SMILES string of the molecule is COCCn1c(SCc2csc(-c3ccc(OC)c(OC)c3)n2)nnc1-c1cccc(C)c1. The molecule has 0 amide bonds. The quantitative estimate of drug-likeness (QED) is 0.283. The second kappa shape index (κ2) is 10.8. The van der Waals surface area contributed by atoms with Crippen molar-refractivity contribution in [2.45, 2.75) is 24.4 Å². The number of hydrogen-bond acceptors (Lipinski definition) is 8. The van der Waals surface area contributed by atoms with Gasteiger partial charge in [0.1, 0.15) is 5.01 Å². The van der Waals surface area contributed by atoms with Crippen LogP contribution in [0.4, 0.5) is 0 Å². The van der Waals surface area contributed by atoms with Gasteiger partial charge in [-0.1, -0.05) is 35.5 Å². The van der Waals surface area contributed by atoms with Crippen molar-refractivity contribution in [3.8, 4) is 33.5 Å². The van der Waals surface area contributed by atoms with Crippen molar-refractivity contribution < 1.29 is 14.2 Å². The highest BCUT2D eigenvalue weighted by atomic mass is 32.2. The van der Waals surface area contributed by atoms with Gasteiger partial charge in [-0.2, -0.15) is 0 Å². The summed E-state index contributed by atoms with van der Waals surface area (Å²) in [4.78, 5) is 4.81. The van der Waals surface area contributed by atoms with E-state index in [1.165, 1.54) is 5.56 Å². The van der Waals surface area contributed by atoms with E-state index >= 15 is 0 Å². The molecule has 0 unspecified atom stereocenters. The molecular formula is C24H26N4O3S2. The summed E-state index contributed by atoms with van der Waals surface area (Å²) in [5.74, 6) is 2.94. The first-order valence-corrected chi connectivity index (χ1v) is 12.3. The van der Waals surface area contributed by atoms with Gasteiger partial charge < -0.3 is 14.2 Å². The second-order valence-corrected chi connectivity index (χ2v) is 9.12. The number of aryl methyl sites for hydroxylation is 1. The van der Waals surface area contributed by atoms with Crippen LogP contribution in [0.3, 0.4) is 0 Å². The van der Waals surface area contributed by atoms with E-state index in [0.29, 0.717) is 30.4 Å². The van der Waals surface area contributed by atoms with Gasteiger partial charge >= 0.3 is 0 Å². The lowest BCUT2D eigenvalue weighted by atomic mass is 10.1. The summed E-state index contributed by atoms with van der Waals surface area (Å²) in [5.41, 5.74) is 4.23. The standard InChI is InChI=1S/C24H26N4O3S2/c1-16-6-5-7-17(12-16)22-26-27-24(28(22)10-11-29-2)33-15-19-14-32-23(25-19)18-8-9-20(30-3)21(13-18)31-4/h5-9,12-14H,10-11,15H2,1-4H3. The highest BCUT2D eigenvalue weighted by molar-refractivity contribution is 7.98. The molecule has 0 aliphatic carbocycles. The molecule has 2 aromatic heterocycles. The summed E-state index contributed by atoms with van der Waals surface area (Å²) in [7, 11) is 4.97. The van der Waals surface area contributed by atoms with E-state index in [0.717, 1.165) is 32.8 Å². The minimum Gasteiger partial charge on any atom is -0.493 e. The van der Waals surface area contributed by atoms with E-state index in [4.69, 9.17) is 19.2 Å². The molecule has 4 rings (SSSR count). The van der Waals surface area contributed by atoms with Crippen molar-refractivity contribution in [1.29, 1.82) is 0 Å². The van der Waals surface area contributed by atoms with Crippen molar-refractivity contribution in [2.75, 3.05) is 27.9 Å². The monoisotopic (exact) mass is 482 g/mol. The Morgan fingerprint density at radius 2 is 1.82 bits per heavy atom. The first-order valence-electron chi connectivity index (χ1n) is 10.4. The van der Waals surface area contributed by atoms with E-state index in [1.807, 2.05) is 24.3 Å². The third-order valence-electron chi connectivity index (χ3n) is 5.04. The molecule has 0 spiro atoms. The van der Waals surface area contributed by atoms with Crippen LogP contribution in [0.2, 0.25) is 0 Å². The Bertz CT molecular complexity index is 1220. The summed E-state index contributed by atoms with van der Waals surface area (Å²) >= 11 is 3.23. The van der Waals surface area contributed by atoms with Crippen molar-refractivity contribution in [2.24, 2.45) is 0 Å². The molecule has 0 N–H and O–H groups in total. The van der Waals surface area contributed by atoms with Crippen LogP contribution in [0.5, 0.6) is 11.5 Å². The zero-order valence-corrected chi connectivity index (χ0v) is 20.7. The molecule has 0 bridgehead atoms. The number of nitrogens with zero attached hydrogens (tertiary/aromatic N) is 4. The molecule has 33 heavy (non-hydrogen) atoms. The van der Waals surface area contributed by atoms with E-state index in [2.05, 4.69) is 45.3 Å². The van der Waals surface area contributed by atoms with Gasteiger partial charge in [-0.05, 0) is 31.2 Å². The zero-order valence-electron chi connectivity index (χ0n) is 19.1. The first kappa shape index (κ1) is 23.3. The molecule has 0 saturated carbocycles. The van der Waals surface area contributed by atoms with Crippen molar-refractivity contribution in [3.05, 3.63) is 59.1 Å². The average Bonchev–Trinajstić information content (AvgIpc) is 3.48. The van der Waals surface area contributed by atoms with Crippen LogP contribution >= 0.6 is 23.1 Å². The fourth-order valence-electron chi connectivity index (χ4n) is 3.39. The third kappa shape index (κ3) is 5.38. The van der Waals surface area contributed by atoms with Gasteiger partial charge in [-0.25, -0.2) is 4.98 Å². The molecule has 9 heteroatoms. The van der Waals surface area contributed by atoms with E-state index in [9.17, 15) is 0 Å². The van der Waals surface area contributed by atoms with Gasteiger partial charge in [0.05, 0.1) is 33.1 Å². The lowest BCUT2D eigenvalue weighted by Gasteiger charge is -2.10. The summed E-state index contributed by atoms with van der Waals surface area (Å²) in [6.45, 7) is 3.35. The molecule has 2 aromatic carbocycles. The number of hydrogen-bond donors (Lipinski definition) is 0. The van der Waals surface area contributed by atoms with Crippen LogP contribution in [0.1, 0.15) is 11.3 Å². The molecule has 0 atom stereocenters.